The average molecular weight is 439 g/mol. The second-order valence-corrected chi connectivity index (χ2v) is 6.92. The van der Waals surface area contributed by atoms with Crippen LogP contribution in [-0.4, -0.2) is 31.1 Å². The highest BCUT2D eigenvalue weighted by molar-refractivity contribution is 9.10. The highest BCUT2D eigenvalue weighted by Crippen LogP contribution is 2.26. The Labute approximate surface area is 162 Å². The number of fused-ring (bicyclic) bond motifs is 1. The zero-order chi connectivity index (χ0) is 18.8. The maximum Gasteiger partial charge on any atom is 0.339 e. The number of methoxy groups -OCH3 is 1. The number of halogens is 2. The topological polar surface area (TPSA) is 81.7 Å². The van der Waals surface area contributed by atoms with Crippen LogP contribution in [0.3, 0.4) is 0 Å². The van der Waals surface area contributed by atoms with Crippen LogP contribution in [0.5, 0.6) is 0 Å². The predicted molar refractivity (Wildman–Crippen MR) is 98.5 cm³/mol. The quantitative estimate of drug-likeness (QED) is 0.741. The maximum absolute atomic E-state index is 12.6. The van der Waals surface area contributed by atoms with E-state index in [0.717, 1.165) is 4.47 Å². The van der Waals surface area contributed by atoms with Gasteiger partial charge in [0.2, 0.25) is 0 Å². The third-order valence-corrected chi connectivity index (χ3v) is 4.61. The summed E-state index contributed by atoms with van der Waals surface area (Å²) in [4.78, 5) is 36.6. The molecule has 1 N–H and O–H groups in total. The molecule has 0 aromatic heterocycles. The van der Waals surface area contributed by atoms with Crippen molar-refractivity contribution < 1.29 is 23.9 Å². The molecule has 1 aliphatic heterocycles. The number of anilines is 1. The smallest absolute Gasteiger partial charge is 0.339 e. The van der Waals surface area contributed by atoms with E-state index in [1.165, 1.54) is 25.3 Å². The van der Waals surface area contributed by atoms with Gasteiger partial charge in [0, 0.05) is 15.9 Å². The van der Waals surface area contributed by atoms with Crippen LogP contribution < -0.4 is 5.32 Å². The van der Waals surface area contributed by atoms with Gasteiger partial charge in [-0.3, -0.25) is 4.79 Å². The fourth-order valence-corrected chi connectivity index (χ4v) is 3.21. The fraction of sp³-hybridized carbons (Fsp3) is 0.167. The van der Waals surface area contributed by atoms with Crippen molar-refractivity contribution in [2.24, 2.45) is 0 Å². The van der Waals surface area contributed by atoms with Crippen LogP contribution >= 0.6 is 27.5 Å². The molecule has 0 aliphatic carbocycles. The molecule has 1 atom stereocenters. The SMILES string of the molecule is COC(=O)c1ccc(Cl)cc1NC(=O)C1Cc2cc(Br)ccc2C(=O)O1. The number of cyclic esters (lactones) is 1. The molecule has 6 nitrogen and oxygen atoms in total. The number of carbonyl (C=O) groups excluding carboxylic acids is 3. The Bertz CT molecular complexity index is 914. The summed E-state index contributed by atoms with van der Waals surface area (Å²) in [5, 5.41) is 2.93. The van der Waals surface area contributed by atoms with Crippen LogP contribution in [0.4, 0.5) is 5.69 Å². The summed E-state index contributed by atoms with van der Waals surface area (Å²) in [5.74, 6) is -1.75. The molecule has 1 amide bonds. The lowest BCUT2D eigenvalue weighted by Gasteiger charge is -2.24. The predicted octanol–water partition coefficient (Wildman–Crippen LogP) is 3.61. The first-order chi connectivity index (χ1) is 12.4. The molecule has 0 saturated heterocycles. The number of nitrogens with one attached hydrogen (secondary N) is 1. The zero-order valence-electron chi connectivity index (χ0n) is 13.5. The number of rotatable bonds is 3. The molecule has 3 rings (SSSR count). The molecular formula is C18H13BrClNO5. The molecule has 1 aliphatic rings. The number of esters is 2. The first-order valence-electron chi connectivity index (χ1n) is 7.57. The van der Waals surface area contributed by atoms with Gasteiger partial charge in [-0.1, -0.05) is 27.5 Å². The second kappa shape index (κ2) is 7.47. The van der Waals surface area contributed by atoms with Crippen molar-refractivity contribution in [1.82, 2.24) is 0 Å². The molecule has 0 bridgehead atoms. The molecule has 0 spiro atoms. The lowest BCUT2D eigenvalue weighted by Crippen LogP contribution is -2.38. The molecule has 0 radical (unpaired) electrons. The minimum Gasteiger partial charge on any atom is -0.465 e. The van der Waals surface area contributed by atoms with Gasteiger partial charge < -0.3 is 14.8 Å². The van der Waals surface area contributed by atoms with Crippen molar-refractivity contribution in [2.45, 2.75) is 12.5 Å². The molecule has 134 valence electrons. The van der Waals surface area contributed by atoms with E-state index in [0.29, 0.717) is 16.1 Å². The van der Waals surface area contributed by atoms with E-state index in [1.807, 2.05) is 0 Å². The lowest BCUT2D eigenvalue weighted by molar-refractivity contribution is -0.125. The van der Waals surface area contributed by atoms with Crippen LogP contribution in [-0.2, 0) is 20.7 Å². The van der Waals surface area contributed by atoms with Crippen LogP contribution in [0.25, 0.3) is 0 Å². The summed E-state index contributed by atoms with van der Waals surface area (Å²) < 4.78 is 10.7. The molecule has 2 aromatic rings. The Morgan fingerprint density at radius 2 is 2.04 bits per heavy atom. The van der Waals surface area contributed by atoms with E-state index in [1.54, 1.807) is 18.2 Å². The Balaban J connectivity index is 1.84. The van der Waals surface area contributed by atoms with E-state index in [-0.39, 0.29) is 17.7 Å². The molecule has 0 saturated carbocycles. The summed E-state index contributed by atoms with van der Waals surface area (Å²) in [6.07, 6.45) is -0.797. The fourth-order valence-electron chi connectivity index (χ4n) is 2.63. The van der Waals surface area contributed by atoms with Crippen LogP contribution in [0.1, 0.15) is 26.3 Å². The summed E-state index contributed by atoms with van der Waals surface area (Å²) in [7, 11) is 1.24. The van der Waals surface area contributed by atoms with Gasteiger partial charge in [0.15, 0.2) is 6.10 Å². The number of hydrogen-bond acceptors (Lipinski definition) is 5. The first-order valence-corrected chi connectivity index (χ1v) is 8.74. The van der Waals surface area contributed by atoms with E-state index < -0.39 is 23.9 Å². The second-order valence-electron chi connectivity index (χ2n) is 5.57. The van der Waals surface area contributed by atoms with Crippen molar-refractivity contribution in [3.63, 3.8) is 0 Å². The molecular weight excluding hydrogens is 426 g/mol. The Morgan fingerprint density at radius 1 is 1.27 bits per heavy atom. The van der Waals surface area contributed by atoms with Crippen LogP contribution in [0.2, 0.25) is 5.02 Å². The molecule has 2 aromatic carbocycles. The van der Waals surface area contributed by atoms with Gasteiger partial charge >= 0.3 is 11.9 Å². The molecule has 0 fully saturated rings. The van der Waals surface area contributed by atoms with Gasteiger partial charge in [0.05, 0.1) is 23.9 Å². The van der Waals surface area contributed by atoms with E-state index >= 15 is 0 Å². The Kier molecular flexibility index (Phi) is 5.29. The lowest BCUT2D eigenvalue weighted by atomic mass is 9.98. The van der Waals surface area contributed by atoms with Crippen molar-refractivity contribution in [3.05, 3.63) is 62.6 Å². The number of hydrogen-bond donors (Lipinski definition) is 1. The standard InChI is InChI=1S/C18H13BrClNO5/c1-25-17(23)13-5-3-11(20)8-14(13)21-16(22)15-7-9-6-10(19)2-4-12(9)18(24)26-15/h2-6,8,15H,7H2,1H3,(H,21,22). The Hall–Kier alpha value is -2.38. The van der Waals surface area contributed by atoms with Gasteiger partial charge in [-0.25, -0.2) is 9.59 Å². The van der Waals surface area contributed by atoms with Gasteiger partial charge in [0.25, 0.3) is 5.91 Å². The highest BCUT2D eigenvalue weighted by atomic mass is 79.9. The summed E-state index contributed by atoms with van der Waals surface area (Å²) in [5.41, 5.74) is 1.46. The van der Waals surface area contributed by atoms with E-state index in [4.69, 9.17) is 21.1 Å². The van der Waals surface area contributed by atoms with Crippen LogP contribution in [0.15, 0.2) is 40.9 Å². The van der Waals surface area contributed by atoms with Gasteiger partial charge in [-0.05, 0) is 42.0 Å². The van der Waals surface area contributed by atoms with Gasteiger partial charge in [-0.2, -0.15) is 0 Å². The number of amides is 1. The number of benzene rings is 2. The first kappa shape index (κ1) is 18.4. The van der Waals surface area contributed by atoms with E-state index in [9.17, 15) is 14.4 Å². The Morgan fingerprint density at radius 3 is 2.77 bits per heavy atom. The summed E-state index contributed by atoms with van der Waals surface area (Å²) in [6.45, 7) is 0. The molecule has 8 heteroatoms. The third-order valence-electron chi connectivity index (χ3n) is 3.88. The van der Waals surface area contributed by atoms with Gasteiger partial charge in [-0.15, -0.1) is 0 Å². The minimum absolute atomic E-state index is 0.149. The maximum atomic E-state index is 12.6. The van der Waals surface area contributed by atoms with E-state index in [2.05, 4.69) is 21.2 Å². The monoisotopic (exact) mass is 437 g/mol. The number of ether oxygens (including phenoxy) is 2. The summed E-state index contributed by atoms with van der Waals surface area (Å²) >= 11 is 9.29. The largest absolute Gasteiger partial charge is 0.465 e. The van der Waals surface area contributed by atoms with Crippen molar-refractivity contribution in [2.75, 3.05) is 12.4 Å². The number of carbonyl (C=O) groups is 3. The summed E-state index contributed by atoms with van der Waals surface area (Å²) in [6, 6.07) is 9.54. The zero-order valence-corrected chi connectivity index (χ0v) is 15.9. The van der Waals surface area contributed by atoms with Crippen molar-refractivity contribution in [3.8, 4) is 0 Å². The third kappa shape index (κ3) is 3.73. The molecule has 26 heavy (non-hydrogen) atoms. The normalized spacial score (nSPS) is 15.7. The van der Waals surface area contributed by atoms with Crippen molar-refractivity contribution >= 4 is 51.1 Å². The van der Waals surface area contributed by atoms with Crippen molar-refractivity contribution in [1.29, 1.82) is 0 Å². The minimum atomic E-state index is -1.02. The van der Waals surface area contributed by atoms with Crippen LogP contribution in [0, 0.1) is 0 Å². The average Bonchev–Trinajstić information content (AvgIpc) is 2.60. The van der Waals surface area contributed by atoms with Gasteiger partial charge in [0.1, 0.15) is 0 Å². The molecule has 1 unspecified atom stereocenters. The highest BCUT2D eigenvalue weighted by Gasteiger charge is 2.32. The molecule has 1 heterocycles.